The van der Waals surface area contributed by atoms with Crippen LogP contribution in [-0.2, 0) is 15.8 Å². The van der Waals surface area contributed by atoms with Crippen molar-refractivity contribution in [3.63, 3.8) is 0 Å². The molecule has 0 aromatic heterocycles. The summed E-state index contributed by atoms with van der Waals surface area (Å²) in [5.74, 6) is 0.922. The molecule has 0 amide bonds. The second-order valence-electron chi connectivity index (χ2n) is 5.93. The molecule has 1 aliphatic rings. The van der Waals surface area contributed by atoms with Gasteiger partial charge in [0.2, 0.25) is 10.0 Å². The van der Waals surface area contributed by atoms with E-state index in [9.17, 15) is 8.42 Å². The van der Waals surface area contributed by atoms with Crippen molar-refractivity contribution < 1.29 is 8.42 Å². The van der Waals surface area contributed by atoms with Gasteiger partial charge in [-0.15, -0.1) is 0 Å². The molecule has 1 fully saturated rings. The van der Waals surface area contributed by atoms with Crippen LogP contribution < -0.4 is 5.73 Å². The Morgan fingerprint density at radius 2 is 2.10 bits per heavy atom. The van der Waals surface area contributed by atoms with Crippen LogP contribution in [-0.4, -0.2) is 30.8 Å². The zero-order valence-corrected chi connectivity index (χ0v) is 14.1. The molecule has 1 atom stereocenters. The first-order valence-electron chi connectivity index (χ1n) is 7.17. The molecule has 2 N–H and O–H groups in total. The summed E-state index contributed by atoms with van der Waals surface area (Å²) in [7, 11) is -3.32. The van der Waals surface area contributed by atoms with E-state index in [1.54, 1.807) is 16.4 Å². The van der Waals surface area contributed by atoms with E-state index in [1.807, 2.05) is 12.1 Å². The maximum Gasteiger partial charge on any atom is 0.218 e. The first kappa shape index (κ1) is 16.4. The van der Waals surface area contributed by atoms with Crippen LogP contribution in [0.4, 0.5) is 0 Å². The first-order valence-corrected chi connectivity index (χ1v) is 9.18. The zero-order chi connectivity index (χ0) is 15.6. The number of thiocarbonyl (C=S) groups is 1. The van der Waals surface area contributed by atoms with Gasteiger partial charge in [-0.3, -0.25) is 0 Å². The maximum absolute atomic E-state index is 12.6. The minimum Gasteiger partial charge on any atom is -0.389 e. The molecule has 0 spiro atoms. The van der Waals surface area contributed by atoms with Gasteiger partial charge in [0.25, 0.3) is 0 Å². The van der Waals surface area contributed by atoms with Crippen molar-refractivity contribution in [1.82, 2.24) is 4.31 Å². The average molecular weight is 326 g/mol. The number of nitrogens with zero attached hydrogens (tertiary/aromatic N) is 1. The van der Waals surface area contributed by atoms with Crippen LogP contribution in [0.5, 0.6) is 0 Å². The van der Waals surface area contributed by atoms with Crippen LogP contribution in [0.25, 0.3) is 0 Å². The number of hydrogen-bond acceptors (Lipinski definition) is 3. The summed E-state index contributed by atoms with van der Waals surface area (Å²) in [6.07, 6.45) is 0.938. The highest BCUT2D eigenvalue weighted by molar-refractivity contribution is 7.88. The predicted octanol–water partition coefficient (Wildman–Crippen LogP) is 2.13. The summed E-state index contributed by atoms with van der Waals surface area (Å²) in [4.78, 5) is 0.238. The van der Waals surface area contributed by atoms with Crippen LogP contribution in [0, 0.1) is 11.8 Å². The van der Waals surface area contributed by atoms with Crippen molar-refractivity contribution >= 4 is 27.2 Å². The third-order valence-corrected chi connectivity index (χ3v) is 6.16. The van der Waals surface area contributed by atoms with Crippen molar-refractivity contribution in [1.29, 1.82) is 0 Å². The SMILES string of the molecule is CC(C)C1CCN(S(=O)(=O)Cc2ccccc2C(N)=S)C1. The quantitative estimate of drug-likeness (QED) is 0.842. The molecule has 1 aromatic carbocycles. The lowest BCUT2D eigenvalue weighted by molar-refractivity contribution is 0.388. The van der Waals surface area contributed by atoms with Crippen LogP contribution in [0.3, 0.4) is 0 Å². The summed E-state index contributed by atoms with van der Waals surface area (Å²) in [5, 5.41) is 0. The standard InChI is InChI=1S/C15H22N2O2S2/c1-11(2)12-7-8-17(9-12)21(18,19)10-13-5-3-4-6-14(13)15(16)20/h3-6,11-12H,7-10H2,1-2H3,(H2,16,20). The lowest BCUT2D eigenvalue weighted by atomic mass is 9.96. The van der Waals surface area contributed by atoms with Gasteiger partial charge < -0.3 is 5.73 Å². The highest BCUT2D eigenvalue weighted by atomic mass is 32.2. The monoisotopic (exact) mass is 326 g/mol. The molecule has 1 aliphatic heterocycles. The van der Waals surface area contributed by atoms with E-state index < -0.39 is 10.0 Å². The topological polar surface area (TPSA) is 63.4 Å². The Labute approximate surface area is 132 Å². The number of benzene rings is 1. The normalized spacial score (nSPS) is 20.0. The minimum atomic E-state index is -3.32. The first-order chi connectivity index (χ1) is 9.81. The Balaban J connectivity index is 2.18. The average Bonchev–Trinajstić information content (AvgIpc) is 2.89. The van der Waals surface area contributed by atoms with Gasteiger partial charge in [-0.1, -0.05) is 50.3 Å². The van der Waals surface area contributed by atoms with Crippen LogP contribution >= 0.6 is 12.2 Å². The second kappa shape index (κ2) is 6.42. The highest BCUT2D eigenvalue weighted by Gasteiger charge is 2.33. The van der Waals surface area contributed by atoms with E-state index in [0.717, 1.165) is 6.42 Å². The van der Waals surface area contributed by atoms with Crippen molar-refractivity contribution in [2.24, 2.45) is 17.6 Å². The summed E-state index contributed by atoms with van der Waals surface area (Å²) in [5.41, 5.74) is 7.00. The second-order valence-corrected chi connectivity index (χ2v) is 8.34. The fraction of sp³-hybridized carbons (Fsp3) is 0.533. The summed E-state index contributed by atoms with van der Waals surface area (Å²) >= 11 is 5.00. The molecule has 0 bridgehead atoms. The molecule has 1 heterocycles. The Morgan fingerprint density at radius 1 is 1.43 bits per heavy atom. The summed E-state index contributed by atoms with van der Waals surface area (Å²) in [6.45, 7) is 5.52. The van der Waals surface area contributed by atoms with Crippen LogP contribution in [0.1, 0.15) is 31.4 Å². The Kier molecular flexibility index (Phi) is 5.01. The van der Waals surface area contributed by atoms with Crippen molar-refractivity contribution in [2.45, 2.75) is 26.0 Å². The van der Waals surface area contributed by atoms with Gasteiger partial charge >= 0.3 is 0 Å². The largest absolute Gasteiger partial charge is 0.389 e. The van der Waals surface area contributed by atoms with Crippen molar-refractivity contribution in [2.75, 3.05) is 13.1 Å². The van der Waals surface area contributed by atoms with Gasteiger partial charge in [0.05, 0.1) is 5.75 Å². The van der Waals surface area contributed by atoms with Gasteiger partial charge in [-0.05, 0) is 23.8 Å². The fourth-order valence-corrected chi connectivity index (χ4v) is 4.55. The molecule has 0 aliphatic carbocycles. The maximum atomic E-state index is 12.6. The molecule has 0 radical (unpaired) electrons. The van der Waals surface area contributed by atoms with E-state index in [0.29, 0.717) is 36.1 Å². The van der Waals surface area contributed by atoms with Crippen LogP contribution in [0.2, 0.25) is 0 Å². The highest BCUT2D eigenvalue weighted by Crippen LogP contribution is 2.27. The fourth-order valence-electron chi connectivity index (χ4n) is 2.73. The van der Waals surface area contributed by atoms with Gasteiger partial charge in [0.15, 0.2) is 0 Å². The van der Waals surface area contributed by atoms with E-state index in [2.05, 4.69) is 13.8 Å². The van der Waals surface area contributed by atoms with Gasteiger partial charge in [-0.25, -0.2) is 12.7 Å². The van der Waals surface area contributed by atoms with Gasteiger partial charge in [0.1, 0.15) is 4.99 Å². The van der Waals surface area contributed by atoms with E-state index in [-0.39, 0.29) is 10.7 Å². The minimum absolute atomic E-state index is 0.0364. The van der Waals surface area contributed by atoms with Crippen molar-refractivity contribution in [3.8, 4) is 0 Å². The summed E-state index contributed by atoms with van der Waals surface area (Å²) < 4.78 is 26.8. The smallest absolute Gasteiger partial charge is 0.218 e. The molecule has 1 unspecified atom stereocenters. The number of rotatable bonds is 5. The van der Waals surface area contributed by atoms with E-state index >= 15 is 0 Å². The number of nitrogens with two attached hydrogens (primary N) is 1. The molecule has 4 nitrogen and oxygen atoms in total. The Hall–Kier alpha value is -0.980. The lowest BCUT2D eigenvalue weighted by Crippen LogP contribution is -2.31. The summed E-state index contributed by atoms with van der Waals surface area (Å²) in [6, 6.07) is 7.18. The molecule has 1 saturated heterocycles. The van der Waals surface area contributed by atoms with Gasteiger partial charge in [0, 0.05) is 18.7 Å². The molecular formula is C15H22N2O2S2. The lowest BCUT2D eigenvalue weighted by Gasteiger charge is -2.19. The third-order valence-electron chi connectivity index (χ3n) is 4.14. The number of hydrogen-bond donors (Lipinski definition) is 1. The Bertz CT molecular complexity index is 626. The van der Waals surface area contributed by atoms with Crippen molar-refractivity contribution in [3.05, 3.63) is 35.4 Å². The Morgan fingerprint density at radius 3 is 2.67 bits per heavy atom. The molecule has 0 saturated carbocycles. The number of sulfonamides is 1. The van der Waals surface area contributed by atoms with Gasteiger partial charge in [-0.2, -0.15) is 0 Å². The molecule has 2 rings (SSSR count). The molecule has 21 heavy (non-hydrogen) atoms. The molecule has 6 heteroatoms. The van der Waals surface area contributed by atoms with Crippen LogP contribution in [0.15, 0.2) is 24.3 Å². The molecule has 1 aromatic rings. The molecular weight excluding hydrogens is 304 g/mol. The molecule has 116 valence electrons. The van der Waals surface area contributed by atoms with E-state index in [1.165, 1.54) is 0 Å². The predicted molar refractivity (Wildman–Crippen MR) is 89.5 cm³/mol. The third kappa shape index (κ3) is 3.81. The van der Waals surface area contributed by atoms with E-state index in [4.69, 9.17) is 18.0 Å². The zero-order valence-electron chi connectivity index (χ0n) is 12.5.